The fourth-order valence-corrected chi connectivity index (χ4v) is 2.51. The van der Waals surface area contributed by atoms with Crippen LogP contribution in [-0.2, 0) is 4.74 Å². The Morgan fingerprint density at radius 3 is 3.10 bits per heavy atom. The molecular weight excluding hydrogens is 272 g/mol. The summed E-state index contributed by atoms with van der Waals surface area (Å²) in [7, 11) is 0. The number of nitrogens with two attached hydrogens (primary N) is 1. The van der Waals surface area contributed by atoms with Crippen LogP contribution in [-0.4, -0.2) is 42.7 Å². The average molecular weight is 292 g/mol. The Hall–Kier alpha value is -2.31. The van der Waals surface area contributed by atoms with Crippen molar-refractivity contribution in [2.45, 2.75) is 25.8 Å². The first-order valence-electron chi connectivity index (χ1n) is 7.04. The van der Waals surface area contributed by atoms with Gasteiger partial charge in [0, 0.05) is 31.5 Å². The molecule has 7 heteroatoms. The van der Waals surface area contributed by atoms with Crippen molar-refractivity contribution < 1.29 is 14.3 Å². The average Bonchev–Trinajstić information content (AvgIpc) is 2.47. The van der Waals surface area contributed by atoms with E-state index in [2.05, 4.69) is 10.3 Å². The zero-order valence-electron chi connectivity index (χ0n) is 12.0. The Morgan fingerprint density at radius 1 is 1.57 bits per heavy atom. The lowest BCUT2D eigenvalue weighted by molar-refractivity contribution is 0.1000. The second-order valence-corrected chi connectivity index (χ2v) is 4.91. The molecule has 1 unspecified atom stereocenters. The molecule has 114 valence electrons. The van der Waals surface area contributed by atoms with Crippen LogP contribution in [0, 0.1) is 0 Å². The Morgan fingerprint density at radius 2 is 2.38 bits per heavy atom. The molecule has 0 saturated carbocycles. The molecule has 1 aromatic heterocycles. The molecule has 1 aliphatic heterocycles. The van der Waals surface area contributed by atoms with Gasteiger partial charge in [-0.3, -0.25) is 9.78 Å². The Bertz CT molecular complexity index is 521. The second kappa shape index (κ2) is 6.92. The number of carbonyl (C=O) groups excluding carboxylic acids is 2. The highest BCUT2D eigenvalue weighted by atomic mass is 16.5. The highest BCUT2D eigenvalue weighted by molar-refractivity contribution is 5.98. The number of amides is 2. The molecule has 0 spiro atoms. The van der Waals surface area contributed by atoms with Crippen LogP contribution in [0.2, 0.25) is 0 Å². The molecule has 0 aliphatic carbocycles. The van der Waals surface area contributed by atoms with Crippen LogP contribution < -0.4 is 16.0 Å². The third-order valence-corrected chi connectivity index (χ3v) is 3.42. The summed E-state index contributed by atoms with van der Waals surface area (Å²) in [4.78, 5) is 28.9. The molecule has 21 heavy (non-hydrogen) atoms. The van der Waals surface area contributed by atoms with Crippen LogP contribution in [0.25, 0.3) is 0 Å². The lowest BCUT2D eigenvalue weighted by Crippen LogP contribution is -2.48. The van der Waals surface area contributed by atoms with Gasteiger partial charge in [0.15, 0.2) is 0 Å². The van der Waals surface area contributed by atoms with E-state index in [4.69, 9.17) is 10.5 Å². The quantitative estimate of drug-likeness (QED) is 0.859. The summed E-state index contributed by atoms with van der Waals surface area (Å²) in [5.41, 5.74) is 6.54. The van der Waals surface area contributed by atoms with Crippen LogP contribution in [0.4, 0.5) is 10.5 Å². The lowest BCUT2D eigenvalue weighted by atomic mass is 10.0. The summed E-state index contributed by atoms with van der Waals surface area (Å²) in [5.74, 6) is -0.501. The van der Waals surface area contributed by atoms with Crippen molar-refractivity contribution in [2.24, 2.45) is 5.73 Å². The first kappa shape index (κ1) is 15.1. The van der Waals surface area contributed by atoms with Crippen molar-refractivity contribution in [1.29, 1.82) is 0 Å². The van der Waals surface area contributed by atoms with Crippen molar-refractivity contribution in [2.75, 3.05) is 24.6 Å². The van der Waals surface area contributed by atoms with Gasteiger partial charge in [-0.2, -0.15) is 0 Å². The van der Waals surface area contributed by atoms with Crippen LogP contribution in [0.3, 0.4) is 0 Å². The van der Waals surface area contributed by atoms with E-state index in [1.807, 2.05) is 4.90 Å². The molecule has 7 nitrogen and oxygen atoms in total. The number of nitrogens with one attached hydrogen (secondary N) is 1. The topological polar surface area (TPSA) is 97.6 Å². The standard InChI is InChI=1S/C14H20N4O3/c1-2-21-14(20)17-10-4-3-7-18(9-10)12-5-6-16-8-11(12)13(15)19/h5-6,8,10H,2-4,7,9H2,1H3,(H2,15,19)(H,17,20). The van der Waals surface area contributed by atoms with Gasteiger partial charge in [0.05, 0.1) is 17.9 Å². The maximum atomic E-state index is 11.5. The molecule has 0 bridgehead atoms. The number of carbonyl (C=O) groups is 2. The highest BCUT2D eigenvalue weighted by Gasteiger charge is 2.24. The number of primary amides is 1. The number of pyridine rings is 1. The number of hydrogen-bond acceptors (Lipinski definition) is 5. The Balaban J connectivity index is 2.07. The highest BCUT2D eigenvalue weighted by Crippen LogP contribution is 2.23. The molecule has 1 aromatic rings. The van der Waals surface area contributed by atoms with Gasteiger partial charge in [0.1, 0.15) is 0 Å². The fourth-order valence-electron chi connectivity index (χ4n) is 2.51. The molecule has 2 heterocycles. The molecule has 1 saturated heterocycles. The molecule has 0 aromatic carbocycles. The van der Waals surface area contributed by atoms with E-state index in [0.717, 1.165) is 25.1 Å². The number of piperidine rings is 1. The maximum Gasteiger partial charge on any atom is 0.407 e. The number of anilines is 1. The van der Waals surface area contributed by atoms with Crippen LogP contribution in [0.5, 0.6) is 0 Å². The molecule has 1 fully saturated rings. The predicted octanol–water partition coefficient (Wildman–Crippen LogP) is 0.895. The minimum absolute atomic E-state index is 0.00769. The van der Waals surface area contributed by atoms with Crippen molar-refractivity contribution in [3.63, 3.8) is 0 Å². The number of ether oxygens (including phenoxy) is 1. The van der Waals surface area contributed by atoms with Crippen LogP contribution >= 0.6 is 0 Å². The van der Waals surface area contributed by atoms with Gasteiger partial charge in [-0.25, -0.2) is 4.79 Å². The van der Waals surface area contributed by atoms with Gasteiger partial charge in [0.2, 0.25) is 0 Å². The van der Waals surface area contributed by atoms with Crippen molar-refractivity contribution in [3.05, 3.63) is 24.0 Å². The van der Waals surface area contributed by atoms with E-state index < -0.39 is 12.0 Å². The number of aromatic nitrogens is 1. The SMILES string of the molecule is CCOC(=O)NC1CCCN(c2ccncc2C(N)=O)C1. The Labute approximate surface area is 123 Å². The first-order valence-corrected chi connectivity index (χ1v) is 7.04. The summed E-state index contributed by atoms with van der Waals surface area (Å²) in [6.45, 7) is 3.54. The molecule has 1 aliphatic rings. The third kappa shape index (κ3) is 3.84. The summed E-state index contributed by atoms with van der Waals surface area (Å²) in [6, 6.07) is 1.76. The van der Waals surface area contributed by atoms with Gasteiger partial charge in [-0.15, -0.1) is 0 Å². The molecule has 2 rings (SSSR count). The first-order chi connectivity index (χ1) is 10.1. The van der Waals surface area contributed by atoms with Crippen LogP contribution in [0.1, 0.15) is 30.1 Å². The largest absolute Gasteiger partial charge is 0.450 e. The normalized spacial score (nSPS) is 18.1. The van der Waals surface area contributed by atoms with E-state index in [-0.39, 0.29) is 6.04 Å². The summed E-state index contributed by atoms with van der Waals surface area (Å²) in [6.07, 6.45) is 4.49. The van der Waals surface area contributed by atoms with E-state index >= 15 is 0 Å². The summed E-state index contributed by atoms with van der Waals surface area (Å²) in [5, 5.41) is 2.83. The number of rotatable bonds is 4. The van der Waals surface area contributed by atoms with E-state index in [0.29, 0.717) is 18.7 Å². The van der Waals surface area contributed by atoms with Crippen LogP contribution in [0.15, 0.2) is 18.5 Å². The zero-order chi connectivity index (χ0) is 15.2. The minimum atomic E-state index is -0.501. The predicted molar refractivity (Wildman–Crippen MR) is 78.1 cm³/mol. The van der Waals surface area contributed by atoms with Gasteiger partial charge < -0.3 is 20.7 Å². The summed E-state index contributed by atoms with van der Waals surface area (Å²) < 4.78 is 4.89. The zero-order valence-corrected chi connectivity index (χ0v) is 12.0. The van der Waals surface area contributed by atoms with Gasteiger partial charge >= 0.3 is 6.09 Å². The molecule has 1 atom stereocenters. The molecule has 0 radical (unpaired) electrons. The minimum Gasteiger partial charge on any atom is -0.450 e. The van der Waals surface area contributed by atoms with E-state index in [1.165, 1.54) is 6.20 Å². The number of alkyl carbamates (subject to hydrolysis) is 1. The third-order valence-electron chi connectivity index (χ3n) is 3.42. The molecule has 2 amide bonds. The number of nitrogens with zero attached hydrogens (tertiary/aromatic N) is 2. The second-order valence-electron chi connectivity index (χ2n) is 4.91. The van der Waals surface area contributed by atoms with E-state index in [9.17, 15) is 9.59 Å². The molecular formula is C14H20N4O3. The lowest BCUT2D eigenvalue weighted by Gasteiger charge is -2.35. The fraction of sp³-hybridized carbons (Fsp3) is 0.500. The van der Waals surface area contributed by atoms with Crippen molar-refractivity contribution in [3.8, 4) is 0 Å². The van der Waals surface area contributed by atoms with Gasteiger partial charge in [-0.1, -0.05) is 0 Å². The number of hydrogen-bond donors (Lipinski definition) is 2. The van der Waals surface area contributed by atoms with Crippen molar-refractivity contribution >= 4 is 17.7 Å². The Kier molecular flexibility index (Phi) is 4.97. The van der Waals surface area contributed by atoms with Gasteiger partial charge in [-0.05, 0) is 25.8 Å². The van der Waals surface area contributed by atoms with E-state index in [1.54, 1.807) is 19.2 Å². The molecule has 3 N–H and O–H groups in total. The van der Waals surface area contributed by atoms with Gasteiger partial charge in [0.25, 0.3) is 5.91 Å². The van der Waals surface area contributed by atoms with Crippen molar-refractivity contribution in [1.82, 2.24) is 10.3 Å². The maximum absolute atomic E-state index is 11.5. The smallest absolute Gasteiger partial charge is 0.407 e. The monoisotopic (exact) mass is 292 g/mol. The summed E-state index contributed by atoms with van der Waals surface area (Å²) >= 11 is 0.